The molecule has 18 heavy (non-hydrogen) atoms. The first-order chi connectivity index (χ1) is 8.48. The molecule has 0 saturated carbocycles. The number of hydrogen-bond acceptors (Lipinski definition) is 5. The van der Waals surface area contributed by atoms with E-state index >= 15 is 0 Å². The minimum atomic E-state index is -1.23. The Morgan fingerprint density at radius 2 is 2.22 bits per heavy atom. The second kappa shape index (κ2) is 4.38. The normalized spacial score (nSPS) is 21.6. The number of esters is 1. The zero-order chi connectivity index (χ0) is 13.3. The lowest BCUT2D eigenvalue weighted by Gasteiger charge is -2.23. The molecule has 0 bridgehead atoms. The van der Waals surface area contributed by atoms with Crippen molar-refractivity contribution in [3.63, 3.8) is 0 Å². The van der Waals surface area contributed by atoms with Crippen LogP contribution in [-0.4, -0.2) is 10.9 Å². The number of ether oxygens (including phenoxy) is 1. The number of carbonyl (C=O) groups is 1. The van der Waals surface area contributed by atoms with Crippen molar-refractivity contribution < 1.29 is 14.5 Å². The molecule has 0 saturated heterocycles. The molecule has 1 aliphatic rings. The van der Waals surface area contributed by atoms with Gasteiger partial charge in [-0.15, -0.1) is 0 Å². The third-order valence-electron chi connectivity index (χ3n) is 3.07. The summed E-state index contributed by atoms with van der Waals surface area (Å²) in [5.74, 6) is -0.515. The number of fused-ring (bicyclic) bond motifs is 1. The van der Waals surface area contributed by atoms with Crippen LogP contribution in [0.2, 0.25) is 0 Å². The molecule has 1 unspecified atom stereocenters. The number of nitro groups is 1. The number of nitrogens with two attached hydrogens (primary N) is 1. The third kappa shape index (κ3) is 1.95. The molecule has 0 spiro atoms. The molecule has 0 amide bonds. The summed E-state index contributed by atoms with van der Waals surface area (Å²) in [5.41, 5.74) is 5.47. The second-order valence-electron chi connectivity index (χ2n) is 4.37. The average Bonchev–Trinajstić information content (AvgIpc) is 2.59. The van der Waals surface area contributed by atoms with Gasteiger partial charge in [0.05, 0.1) is 10.5 Å². The topological polar surface area (TPSA) is 95.5 Å². The minimum Gasteiger partial charge on any atom is -0.436 e. The van der Waals surface area contributed by atoms with Gasteiger partial charge in [-0.05, 0) is 12.5 Å². The van der Waals surface area contributed by atoms with Crippen LogP contribution in [0.5, 0.6) is 0 Å². The largest absolute Gasteiger partial charge is 0.436 e. The first-order valence-corrected chi connectivity index (χ1v) is 5.79. The first kappa shape index (κ1) is 12.5. The molecule has 96 valence electrons. The van der Waals surface area contributed by atoms with Crippen molar-refractivity contribution in [1.29, 1.82) is 0 Å². The summed E-state index contributed by atoms with van der Waals surface area (Å²) in [5, 5.41) is 10.7. The quantitative estimate of drug-likeness (QED) is 0.501. The van der Waals surface area contributed by atoms with E-state index in [9.17, 15) is 14.9 Å². The molecule has 1 atom stereocenters. The van der Waals surface area contributed by atoms with Crippen LogP contribution in [0.1, 0.15) is 42.1 Å². The summed E-state index contributed by atoms with van der Waals surface area (Å²) >= 11 is 0. The fourth-order valence-corrected chi connectivity index (χ4v) is 2.07. The van der Waals surface area contributed by atoms with E-state index in [0.29, 0.717) is 17.5 Å². The summed E-state index contributed by atoms with van der Waals surface area (Å²) in [6, 6.07) is 4.01. The van der Waals surface area contributed by atoms with Gasteiger partial charge in [-0.3, -0.25) is 15.8 Å². The standard InChI is InChI=1S/C12H14N2O4/c1-2-3-6-12(13)10-7-8(14(16)17)4-5-9(10)11(15)18-12/h4-5,7H,2-3,6,13H2,1H3. The van der Waals surface area contributed by atoms with E-state index in [2.05, 4.69) is 0 Å². The summed E-state index contributed by atoms with van der Waals surface area (Å²) in [4.78, 5) is 21.9. The van der Waals surface area contributed by atoms with E-state index in [-0.39, 0.29) is 5.69 Å². The third-order valence-corrected chi connectivity index (χ3v) is 3.07. The fraction of sp³-hybridized carbons (Fsp3) is 0.417. The van der Waals surface area contributed by atoms with E-state index in [1.165, 1.54) is 18.2 Å². The number of unbranched alkanes of at least 4 members (excludes halogenated alkanes) is 1. The number of rotatable bonds is 4. The number of hydrogen-bond donors (Lipinski definition) is 1. The number of nitro benzene ring substituents is 1. The van der Waals surface area contributed by atoms with Crippen LogP contribution >= 0.6 is 0 Å². The highest BCUT2D eigenvalue weighted by molar-refractivity contribution is 5.95. The van der Waals surface area contributed by atoms with Gasteiger partial charge in [0, 0.05) is 24.1 Å². The van der Waals surface area contributed by atoms with Gasteiger partial charge in [-0.25, -0.2) is 4.79 Å². The maximum Gasteiger partial charge on any atom is 0.340 e. The molecule has 1 aliphatic heterocycles. The van der Waals surface area contributed by atoms with Crippen molar-refractivity contribution in [2.24, 2.45) is 5.73 Å². The Kier molecular flexibility index (Phi) is 3.04. The van der Waals surface area contributed by atoms with E-state index in [1.54, 1.807) is 0 Å². The lowest BCUT2D eigenvalue weighted by atomic mass is 9.95. The van der Waals surface area contributed by atoms with Crippen LogP contribution in [0.15, 0.2) is 18.2 Å². The molecular weight excluding hydrogens is 236 g/mol. The van der Waals surface area contributed by atoms with Gasteiger partial charge in [0.1, 0.15) is 0 Å². The molecule has 0 aromatic heterocycles. The summed E-state index contributed by atoms with van der Waals surface area (Å²) in [6.45, 7) is 1.99. The van der Waals surface area contributed by atoms with Crippen LogP contribution in [-0.2, 0) is 10.5 Å². The van der Waals surface area contributed by atoms with Crippen molar-refractivity contribution in [2.75, 3.05) is 0 Å². The molecule has 0 aliphatic carbocycles. The molecule has 6 heteroatoms. The fourth-order valence-electron chi connectivity index (χ4n) is 2.07. The van der Waals surface area contributed by atoms with Gasteiger partial charge in [0.2, 0.25) is 0 Å². The molecule has 1 aromatic carbocycles. The molecule has 0 fully saturated rings. The highest BCUT2D eigenvalue weighted by atomic mass is 16.6. The Bertz CT molecular complexity index is 515. The highest BCUT2D eigenvalue weighted by Crippen LogP contribution is 2.37. The smallest absolute Gasteiger partial charge is 0.340 e. The Morgan fingerprint density at radius 1 is 1.50 bits per heavy atom. The molecule has 1 heterocycles. The minimum absolute atomic E-state index is 0.0848. The zero-order valence-corrected chi connectivity index (χ0v) is 10.0. The van der Waals surface area contributed by atoms with Gasteiger partial charge in [-0.1, -0.05) is 13.3 Å². The van der Waals surface area contributed by atoms with E-state index in [1.807, 2.05) is 6.92 Å². The number of cyclic esters (lactones) is 1. The van der Waals surface area contributed by atoms with Crippen LogP contribution in [0.25, 0.3) is 0 Å². The lowest BCUT2D eigenvalue weighted by Crippen LogP contribution is -2.36. The average molecular weight is 250 g/mol. The van der Waals surface area contributed by atoms with Crippen molar-refractivity contribution in [1.82, 2.24) is 0 Å². The van der Waals surface area contributed by atoms with E-state index < -0.39 is 16.6 Å². The van der Waals surface area contributed by atoms with Crippen LogP contribution in [0.3, 0.4) is 0 Å². The molecule has 2 N–H and O–H groups in total. The van der Waals surface area contributed by atoms with Crippen molar-refractivity contribution >= 4 is 11.7 Å². The second-order valence-corrected chi connectivity index (χ2v) is 4.37. The maximum absolute atomic E-state index is 11.7. The van der Waals surface area contributed by atoms with Crippen molar-refractivity contribution in [3.8, 4) is 0 Å². The highest BCUT2D eigenvalue weighted by Gasteiger charge is 2.42. The molecule has 6 nitrogen and oxygen atoms in total. The Morgan fingerprint density at radius 3 is 2.83 bits per heavy atom. The van der Waals surface area contributed by atoms with Crippen LogP contribution in [0, 0.1) is 10.1 Å². The van der Waals surface area contributed by atoms with Crippen molar-refractivity contribution in [2.45, 2.75) is 31.9 Å². The number of non-ortho nitro benzene ring substituents is 1. The number of carbonyl (C=O) groups excluding carboxylic acids is 1. The predicted octanol–water partition coefficient (Wildman–Crippen LogP) is 2.07. The number of benzene rings is 1. The molecular formula is C12H14N2O4. The van der Waals surface area contributed by atoms with E-state index in [0.717, 1.165) is 12.8 Å². The lowest BCUT2D eigenvalue weighted by molar-refractivity contribution is -0.385. The Hall–Kier alpha value is -1.95. The van der Waals surface area contributed by atoms with Gasteiger partial charge in [0.15, 0.2) is 5.72 Å². The number of nitrogens with zero attached hydrogens (tertiary/aromatic N) is 1. The zero-order valence-electron chi connectivity index (χ0n) is 10.0. The van der Waals surface area contributed by atoms with Crippen LogP contribution < -0.4 is 5.73 Å². The first-order valence-electron chi connectivity index (χ1n) is 5.79. The SMILES string of the molecule is CCCCC1(N)OC(=O)c2ccc([N+](=O)[O-])cc21. The molecule has 1 aromatic rings. The van der Waals surface area contributed by atoms with Gasteiger partial charge in [0.25, 0.3) is 5.69 Å². The van der Waals surface area contributed by atoms with E-state index in [4.69, 9.17) is 10.5 Å². The summed E-state index contributed by atoms with van der Waals surface area (Å²) in [6.07, 6.45) is 2.15. The molecule has 2 rings (SSSR count). The van der Waals surface area contributed by atoms with Gasteiger partial charge >= 0.3 is 5.97 Å². The van der Waals surface area contributed by atoms with Gasteiger partial charge < -0.3 is 4.74 Å². The van der Waals surface area contributed by atoms with Crippen molar-refractivity contribution in [3.05, 3.63) is 39.4 Å². The molecule has 0 radical (unpaired) electrons. The maximum atomic E-state index is 11.7. The summed E-state index contributed by atoms with van der Waals surface area (Å²) < 4.78 is 5.17. The van der Waals surface area contributed by atoms with Crippen LogP contribution in [0.4, 0.5) is 5.69 Å². The van der Waals surface area contributed by atoms with Gasteiger partial charge in [-0.2, -0.15) is 0 Å². The Labute approximate surface area is 104 Å². The monoisotopic (exact) mass is 250 g/mol. The summed E-state index contributed by atoms with van der Waals surface area (Å²) in [7, 11) is 0. The predicted molar refractivity (Wildman–Crippen MR) is 63.9 cm³/mol. The Balaban J connectivity index is 2.45.